The van der Waals surface area contributed by atoms with E-state index >= 15 is 0 Å². The minimum Gasteiger partial charge on any atom is -0.0836 e. The van der Waals surface area contributed by atoms with Crippen LogP contribution < -0.4 is 0 Å². The average molecular weight is 285 g/mol. The second kappa shape index (κ2) is 4.50. The van der Waals surface area contributed by atoms with Crippen LogP contribution >= 0.6 is 15.9 Å². The summed E-state index contributed by atoms with van der Waals surface area (Å²) in [6.07, 6.45) is 6.80. The minimum absolute atomic E-state index is 1.13. The maximum atomic E-state index is 3.47. The lowest BCUT2D eigenvalue weighted by Crippen LogP contribution is -1.94. The van der Waals surface area contributed by atoms with Gasteiger partial charge in [-0.3, -0.25) is 0 Å². The molecule has 0 amide bonds. The van der Waals surface area contributed by atoms with E-state index in [4.69, 9.17) is 0 Å². The molecule has 0 spiro atoms. The first-order chi connectivity index (χ1) is 8.33. The Balaban J connectivity index is 2.04. The SMILES string of the molecule is Brc1ccc(-c2ccc3c(c2)CCC=C3)cc1. The molecule has 0 radical (unpaired) electrons. The number of hydrogen-bond donors (Lipinski definition) is 0. The van der Waals surface area contributed by atoms with E-state index in [0.717, 1.165) is 17.3 Å². The molecule has 0 atom stereocenters. The van der Waals surface area contributed by atoms with Gasteiger partial charge in [-0.2, -0.15) is 0 Å². The molecule has 3 rings (SSSR count). The number of benzene rings is 2. The lowest BCUT2D eigenvalue weighted by Gasteiger charge is -2.12. The number of fused-ring (bicyclic) bond motifs is 1. The predicted molar refractivity (Wildman–Crippen MR) is 76.9 cm³/mol. The molecular weight excluding hydrogens is 272 g/mol. The summed E-state index contributed by atoms with van der Waals surface area (Å²) in [7, 11) is 0. The zero-order valence-corrected chi connectivity index (χ0v) is 11.1. The van der Waals surface area contributed by atoms with Gasteiger partial charge in [-0.1, -0.05) is 58.4 Å². The Kier molecular flexibility index (Phi) is 2.86. The van der Waals surface area contributed by atoms with Gasteiger partial charge in [0.1, 0.15) is 0 Å². The van der Waals surface area contributed by atoms with Crippen LogP contribution in [0.5, 0.6) is 0 Å². The molecule has 0 unspecified atom stereocenters. The first-order valence-electron chi connectivity index (χ1n) is 5.88. The van der Waals surface area contributed by atoms with E-state index in [1.165, 1.54) is 22.3 Å². The highest BCUT2D eigenvalue weighted by atomic mass is 79.9. The molecule has 0 nitrogen and oxygen atoms in total. The number of allylic oxidation sites excluding steroid dienone is 1. The number of halogens is 1. The molecule has 1 heteroatoms. The number of aryl methyl sites for hydroxylation is 1. The molecule has 2 aromatic carbocycles. The van der Waals surface area contributed by atoms with Crippen LogP contribution in [-0.4, -0.2) is 0 Å². The Morgan fingerprint density at radius 3 is 2.47 bits per heavy atom. The second-order valence-corrected chi connectivity index (χ2v) is 5.28. The average Bonchev–Trinajstić information content (AvgIpc) is 2.39. The van der Waals surface area contributed by atoms with E-state index in [1.54, 1.807) is 0 Å². The van der Waals surface area contributed by atoms with Crippen molar-refractivity contribution in [2.75, 3.05) is 0 Å². The smallest absolute Gasteiger partial charge is 0.0175 e. The molecular formula is C16H13Br. The van der Waals surface area contributed by atoms with Crippen LogP contribution in [-0.2, 0) is 6.42 Å². The molecule has 17 heavy (non-hydrogen) atoms. The van der Waals surface area contributed by atoms with E-state index in [9.17, 15) is 0 Å². The molecule has 0 fully saturated rings. The highest BCUT2D eigenvalue weighted by molar-refractivity contribution is 9.10. The Hall–Kier alpha value is -1.34. The van der Waals surface area contributed by atoms with Crippen molar-refractivity contribution in [3.05, 3.63) is 64.1 Å². The summed E-state index contributed by atoms with van der Waals surface area (Å²) in [6.45, 7) is 0. The predicted octanol–water partition coefficient (Wildman–Crippen LogP) is 5.08. The number of hydrogen-bond acceptors (Lipinski definition) is 0. The summed E-state index contributed by atoms with van der Waals surface area (Å²) in [5.74, 6) is 0. The first-order valence-corrected chi connectivity index (χ1v) is 6.68. The van der Waals surface area contributed by atoms with Crippen molar-refractivity contribution in [2.45, 2.75) is 12.8 Å². The van der Waals surface area contributed by atoms with E-state index in [2.05, 4.69) is 70.5 Å². The van der Waals surface area contributed by atoms with Gasteiger partial charge in [0.15, 0.2) is 0 Å². The molecule has 2 aromatic rings. The van der Waals surface area contributed by atoms with Crippen LogP contribution in [0.1, 0.15) is 17.5 Å². The van der Waals surface area contributed by atoms with Crippen LogP contribution in [0, 0.1) is 0 Å². The van der Waals surface area contributed by atoms with E-state index in [-0.39, 0.29) is 0 Å². The Morgan fingerprint density at radius 1 is 0.882 bits per heavy atom. The number of rotatable bonds is 1. The van der Waals surface area contributed by atoms with Gasteiger partial charge in [0.05, 0.1) is 0 Å². The van der Waals surface area contributed by atoms with Gasteiger partial charge in [-0.05, 0) is 47.2 Å². The van der Waals surface area contributed by atoms with Gasteiger partial charge < -0.3 is 0 Å². The van der Waals surface area contributed by atoms with Crippen molar-refractivity contribution in [3.63, 3.8) is 0 Å². The van der Waals surface area contributed by atoms with Gasteiger partial charge in [-0.15, -0.1) is 0 Å². The highest BCUT2D eigenvalue weighted by Crippen LogP contribution is 2.27. The molecule has 1 aliphatic carbocycles. The molecule has 0 saturated carbocycles. The van der Waals surface area contributed by atoms with Gasteiger partial charge in [0.2, 0.25) is 0 Å². The monoisotopic (exact) mass is 284 g/mol. The molecule has 1 aliphatic rings. The van der Waals surface area contributed by atoms with Crippen molar-refractivity contribution >= 4 is 22.0 Å². The van der Waals surface area contributed by atoms with Gasteiger partial charge in [0, 0.05) is 4.47 Å². The zero-order chi connectivity index (χ0) is 11.7. The third-order valence-corrected chi connectivity index (χ3v) is 3.73. The minimum atomic E-state index is 1.13. The van der Waals surface area contributed by atoms with Crippen LogP contribution in [0.2, 0.25) is 0 Å². The fourth-order valence-corrected chi connectivity index (χ4v) is 2.52. The maximum absolute atomic E-state index is 3.47. The van der Waals surface area contributed by atoms with Gasteiger partial charge >= 0.3 is 0 Å². The first kappa shape index (κ1) is 10.8. The van der Waals surface area contributed by atoms with Crippen molar-refractivity contribution in [3.8, 4) is 11.1 Å². The molecule has 0 heterocycles. The van der Waals surface area contributed by atoms with Crippen LogP contribution in [0.3, 0.4) is 0 Å². The Bertz CT molecular complexity index is 565. The lowest BCUT2D eigenvalue weighted by atomic mass is 9.93. The standard InChI is InChI=1S/C16H13Br/c17-16-9-7-13(8-10-16)15-6-5-12-3-1-2-4-14(12)11-15/h1,3,5-11H,2,4H2. The van der Waals surface area contributed by atoms with Crippen LogP contribution in [0.15, 0.2) is 53.0 Å². The highest BCUT2D eigenvalue weighted by Gasteiger charge is 2.06. The zero-order valence-electron chi connectivity index (χ0n) is 9.49. The van der Waals surface area contributed by atoms with Crippen molar-refractivity contribution in [1.29, 1.82) is 0 Å². The summed E-state index contributed by atoms with van der Waals surface area (Å²) >= 11 is 3.47. The Labute approximate surface area is 110 Å². The largest absolute Gasteiger partial charge is 0.0836 e. The molecule has 0 bridgehead atoms. The topological polar surface area (TPSA) is 0 Å². The maximum Gasteiger partial charge on any atom is 0.0175 e. The third-order valence-electron chi connectivity index (χ3n) is 3.20. The van der Waals surface area contributed by atoms with Crippen molar-refractivity contribution in [1.82, 2.24) is 0 Å². The van der Waals surface area contributed by atoms with E-state index < -0.39 is 0 Å². The van der Waals surface area contributed by atoms with Crippen LogP contribution in [0.25, 0.3) is 17.2 Å². The summed E-state index contributed by atoms with van der Waals surface area (Å²) < 4.78 is 1.13. The normalized spacial score (nSPS) is 13.5. The third kappa shape index (κ3) is 2.20. The van der Waals surface area contributed by atoms with Crippen molar-refractivity contribution in [2.24, 2.45) is 0 Å². The summed E-state index contributed by atoms with van der Waals surface area (Å²) in [5, 5.41) is 0. The fourth-order valence-electron chi connectivity index (χ4n) is 2.26. The lowest BCUT2D eigenvalue weighted by molar-refractivity contribution is 0.986. The van der Waals surface area contributed by atoms with E-state index in [1.807, 2.05) is 0 Å². The Morgan fingerprint density at radius 2 is 1.65 bits per heavy atom. The summed E-state index contributed by atoms with van der Waals surface area (Å²) in [6, 6.07) is 15.3. The molecule has 84 valence electrons. The second-order valence-electron chi connectivity index (χ2n) is 4.36. The van der Waals surface area contributed by atoms with Gasteiger partial charge in [0.25, 0.3) is 0 Å². The van der Waals surface area contributed by atoms with Gasteiger partial charge in [-0.25, -0.2) is 0 Å². The summed E-state index contributed by atoms with van der Waals surface area (Å²) in [4.78, 5) is 0. The van der Waals surface area contributed by atoms with Crippen LogP contribution in [0.4, 0.5) is 0 Å². The van der Waals surface area contributed by atoms with E-state index in [0.29, 0.717) is 0 Å². The van der Waals surface area contributed by atoms with Crippen molar-refractivity contribution < 1.29 is 0 Å². The molecule has 0 aliphatic heterocycles. The molecule has 0 aromatic heterocycles. The quantitative estimate of drug-likeness (QED) is 0.685. The fraction of sp³-hybridized carbons (Fsp3) is 0.125. The molecule has 0 saturated heterocycles. The molecule has 0 N–H and O–H groups in total. The summed E-state index contributed by atoms with van der Waals surface area (Å²) in [5.41, 5.74) is 5.43.